The first-order chi connectivity index (χ1) is 13.6. The summed E-state index contributed by atoms with van der Waals surface area (Å²) in [7, 11) is 0. The van der Waals surface area contributed by atoms with E-state index in [4.69, 9.17) is 10.1 Å². The first kappa shape index (κ1) is 18.2. The van der Waals surface area contributed by atoms with E-state index >= 15 is 0 Å². The van der Waals surface area contributed by atoms with E-state index in [9.17, 15) is 9.59 Å². The number of benzene rings is 2. The third kappa shape index (κ3) is 3.25. The van der Waals surface area contributed by atoms with Gasteiger partial charge >= 0.3 is 5.97 Å². The van der Waals surface area contributed by atoms with Gasteiger partial charge in [0.2, 0.25) is 6.41 Å². The summed E-state index contributed by atoms with van der Waals surface area (Å²) >= 11 is 1.47. The number of nitrogens with zero attached hydrogens (tertiary/aromatic N) is 2. The van der Waals surface area contributed by atoms with Gasteiger partial charge in [-0.1, -0.05) is 48.9 Å². The van der Waals surface area contributed by atoms with Crippen molar-refractivity contribution in [3.05, 3.63) is 59.8 Å². The summed E-state index contributed by atoms with van der Waals surface area (Å²) in [5.41, 5.74) is 4.15. The van der Waals surface area contributed by atoms with Crippen LogP contribution in [0.15, 0.2) is 48.7 Å². The second kappa shape index (κ2) is 7.44. The molecule has 0 aliphatic carbocycles. The van der Waals surface area contributed by atoms with Gasteiger partial charge in [-0.2, -0.15) is 0 Å². The van der Waals surface area contributed by atoms with Crippen molar-refractivity contribution in [2.45, 2.75) is 25.8 Å². The lowest BCUT2D eigenvalue weighted by molar-refractivity contribution is -0.110. The molecule has 2 N–H and O–H groups in total. The molecule has 1 unspecified atom stereocenters. The fourth-order valence-corrected chi connectivity index (χ4v) is 4.42. The van der Waals surface area contributed by atoms with Crippen molar-refractivity contribution in [3.8, 4) is 11.3 Å². The Morgan fingerprint density at radius 3 is 2.75 bits per heavy atom. The van der Waals surface area contributed by atoms with Crippen LogP contribution in [-0.2, 0) is 4.79 Å². The highest BCUT2D eigenvalue weighted by molar-refractivity contribution is 7.23. The number of rotatable bonds is 7. The summed E-state index contributed by atoms with van der Waals surface area (Å²) < 4.78 is 2.88. The molecule has 2 aromatic heterocycles. The van der Waals surface area contributed by atoms with Gasteiger partial charge in [-0.05, 0) is 30.2 Å². The fraction of sp³-hybridized carbons (Fsp3) is 0.190. The standard InChI is InChI=1S/C21H19N3O3S/c1-2-3-16(22-12-25)13-4-6-14(7-5-13)17-11-24-18-9-8-15(20(26)27)10-19(18)28-21(24)23-17/h4-12,16H,2-3H2,1H3,(H,22,25)(H,26,27). The van der Waals surface area contributed by atoms with Crippen LogP contribution in [0.1, 0.15) is 41.7 Å². The van der Waals surface area contributed by atoms with Crippen LogP contribution in [0.5, 0.6) is 0 Å². The van der Waals surface area contributed by atoms with Gasteiger partial charge < -0.3 is 10.4 Å². The van der Waals surface area contributed by atoms with Crippen molar-refractivity contribution >= 4 is 38.9 Å². The highest BCUT2D eigenvalue weighted by Crippen LogP contribution is 2.31. The van der Waals surface area contributed by atoms with Crippen LogP contribution < -0.4 is 5.32 Å². The molecule has 0 spiro atoms. The number of hydrogen-bond acceptors (Lipinski definition) is 4. The lowest BCUT2D eigenvalue weighted by Gasteiger charge is -2.15. The van der Waals surface area contributed by atoms with E-state index in [1.165, 1.54) is 11.3 Å². The Kier molecular flexibility index (Phi) is 4.83. The molecular formula is C21H19N3O3S. The normalized spacial score (nSPS) is 12.3. The van der Waals surface area contributed by atoms with E-state index in [1.807, 2.05) is 40.9 Å². The Bertz CT molecular complexity index is 1160. The van der Waals surface area contributed by atoms with Gasteiger partial charge in [0.1, 0.15) is 0 Å². The minimum atomic E-state index is -0.931. The summed E-state index contributed by atoms with van der Waals surface area (Å²) in [6.07, 6.45) is 4.60. The van der Waals surface area contributed by atoms with Gasteiger partial charge in [0.15, 0.2) is 4.96 Å². The van der Waals surface area contributed by atoms with Crippen LogP contribution in [0, 0.1) is 0 Å². The molecule has 0 saturated carbocycles. The zero-order valence-electron chi connectivity index (χ0n) is 15.3. The molecule has 0 saturated heterocycles. The Hall–Kier alpha value is -3.19. The van der Waals surface area contributed by atoms with Crippen molar-refractivity contribution in [1.82, 2.24) is 14.7 Å². The number of amides is 1. The Morgan fingerprint density at radius 2 is 2.07 bits per heavy atom. The molecule has 0 aliphatic heterocycles. The molecule has 1 amide bonds. The predicted molar refractivity (Wildman–Crippen MR) is 110 cm³/mol. The minimum absolute atomic E-state index is 0.0226. The van der Waals surface area contributed by atoms with Gasteiger partial charge in [-0.3, -0.25) is 9.20 Å². The number of fused-ring (bicyclic) bond motifs is 3. The topological polar surface area (TPSA) is 83.7 Å². The quantitative estimate of drug-likeness (QED) is 0.453. The van der Waals surface area contributed by atoms with Gasteiger partial charge in [-0.15, -0.1) is 0 Å². The van der Waals surface area contributed by atoms with Crippen molar-refractivity contribution in [3.63, 3.8) is 0 Å². The molecule has 28 heavy (non-hydrogen) atoms. The number of aromatic carboxylic acids is 1. The molecule has 0 radical (unpaired) electrons. The van der Waals surface area contributed by atoms with Crippen LogP contribution in [-0.4, -0.2) is 26.9 Å². The monoisotopic (exact) mass is 393 g/mol. The first-order valence-corrected chi connectivity index (χ1v) is 9.87. The molecule has 2 heterocycles. The van der Waals surface area contributed by atoms with Crippen LogP contribution in [0.2, 0.25) is 0 Å². The lowest BCUT2D eigenvalue weighted by Crippen LogP contribution is -2.19. The number of carboxylic acids is 1. The molecule has 4 aromatic rings. The smallest absolute Gasteiger partial charge is 0.335 e. The minimum Gasteiger partial charge on any atom is -0.478 e. The Morgan fingerprint density at radius 1 is 1.29 bits per heavy atom. The van der Waals surface area contributed by atoms with Crippen molar-refractivity contribution < 1.29 is 14.7 Å². The number of carbonyl (C=O) groups excluding carboxylic acids is 1. The third-order valence-corrected chi connectivity index (χ3v) is 5.81. The molecule has 0 aliphatic rings. The van der Waals surface area contributed by atoms with Crippen LogP contribution in [0.4, 0.5) is 0 Å². The molecule has 0 fully saturated rings. The first-order valence-electron chi connectivity index (χ1n) is 9.05. The predicted octanol–water partition coefficient (Wildman–Crippen LogP) is 4.50. The SMILES string of the molecule is CCCC(NC=O)c1ccc(-c2cn3c(n2)sc2cc(C(=O)O)ccc23)cc1. The number of carbonyl (C=O) groups is 2. The third-order valence-electron chi connectivity index (χ3n) is 4.80. The maximum Gasteiger partial charge on any atom is 0.335 e. The molecule has 0 bridgehead atoms. The Labute approximate surface area is 165 Å². The zero-order valence-corrected chi connectivity index (χ0v) is 16.1. The molecule has 4 rings (SSSR count). The van der Waals surface area contributed by atoms with E-state index in [1.54, 1.807) is 12.1 Å². The molecule has 6 nitrogen and oxygen atoms in total. The lowest BCUT2D eigenvalue weighted by atomic mass is 10.0. The van der Waals surface area contributed by atoms with Gasteiger partial charge in [0, 0.05) is 11.8 Å². The average molecular weight is 393 g/mol. The van der Waals surface area contributed by atoms with E-state index in [0.717, 1.165) is 51.3 Å². The fourth-order valence-electron chi connectivity index (χ4n) is 3.38. The second-order valence-corrected chi connectivity index (χ2v) is 7.63. The molecule has 142 valence electrons. The largest absolute Gasteiger partial charge is 0.478 e. The van der Waals surface area contributed by atoms with Crippen LogP contribution in [0.3, 0.4) is 0 Å². The highest BCUT2D eigenvalue weighted by Gasteiger charge is 2.14. The van der Waals surface area contributed by atoms with Crippen LogP contribution in [0.25, 0.3) is 26.4 Å². The molecule has 7 heteroatoms. The van der Waals surface area contributed by atoms with Crippen molar-refractivity contribution in [1.29, 1.82) is 0 Å². The summed E-state index contributed by atoms with van der Waals surface area (Å²) in [5.74, 6) is -0.931. The average Bonchev–Trinajstić information content (AvgIpc) is 3.25. The van der Waals surface area contributed by atoms with E-state index in [-0.39, 0.29) is 11.6 Å². The van der Waals surface area contributed by atoms with E-state index in [2.05, 4.69) is 12.2 Å². The highest BCUT2D eigenvalue weighted by atomic mass is 32.1. The maximum atomic E-state index is 11.2. The van der Waals surface area contributed by atoms with Gasteiger partial charge in [0.25, 0.3) is 0 Å². The summed E-state index contributed by atoms with van der Waals surface area (Å²) in [4.78, 5) is 27.5. The van der Waals surface area contributed by atoms with Gasteiger partial charge in [-0.25, -0.2) is 9.78 Å². The second-order valence-electron chi connectivity index (χ2n) is 6.62. The molecule has 2 aromatic carbocycles. The molecular weight excluding hydrogens is 374 g/mol. The maximum absolute atomic E-state index is 11.2. The van der Waals surface area contributed by atoms with Crippen LogP contribution >= 0.6 is 11.3 Å². The number of nitrogens with one attached hydrogen (secondary N) is 1. The zero-order chi connectivity index (χ0) is 19.7. The van der Waals surface area contributed by atoms with Crippen molar-refractivity contribution in [2.75, 3.05) is 0 Å². The number of hydrogen-bond donors (Lipinski definition) is 2. The van der Waals surface area contributed by atoms with E-state index in [0.29, 0.717) is 0 Å². The van der Waals surface area contributed by atoms with E-state index < -0.39 is 5.97 Å². The number of imidazole rings is 1. The number of thiazole rings is 1. The van der Waals surface area contributed by atoms with Gasteiger partial charge in [0.05, 0.1) is 27.5 Å². The molecule has 1 atom stereocenters. The number of aromatic nitrogens is 2. The number of carboxylic acid groups (broad SMARTS) is 1. The van der Waals surface area contributed by atoms with Crippen molar-refractivity contribution in [2.24, 2.45) is 0 Å². The summed E-state index contributed by atoms with van der Waals surface area (Å²) in [6.45, 7) is 2.09. The summed E-state index contributed by atoms with van der Waals surface area (Å²) in [5, 5.41) is 12.0. The summed E-state index contributed by atoms with van der Waals surface area (Å²) in [6, 6.07) is 13.2. The Balaban J connectivity index is 1.67.